The number of ether oxygens (including phenoxy) is 1. The van der Waals surface area contributed by atoms with Crippen molar-refractivity contribution >= 4 is 161 Å². The molecule has 1 atom stereocenters. The van der Waals surface area contributed by atoms with E-state index in [1.165, 1.54) is 31.3 Å². The lowest BCUT2D eigenvalue weighted by Crippen LogP contribution is -2.41. The number of rotatable bonds is 22. The first kappa shape index (κ1) is 103. The number of imidazole rings is 1. The van der Waals surface area contributed by atoms with Crippen LogP contribution in [-0.2, 0) is 63.7 Å². The van der Waals surface area contributed by atoms with Gasteiger partial charge in [0.1, 0.15) is 11.9 Å². The zero-order chi connectivity index (χ0) is 102. The summed E-state index contributed by atoms with van der Waals surface area (Å²) in [4.78, 5) is 32.2. The lowest BCUT2D eigenvalue weighted by Gasteiger charge is -2.31. The minimum atomic E-state index is -3.13. The molecule has 8 aromatic heterocycles. The van der Waals surface area contributed by atoms with Gasteiger partial charge in [0.15, 0.2) is 0 Å². The van der Waals surface area contributed by atoms with Gasteiger partial charge in [0.25, 0.3) is 0 Å². The van der Waals surface area contributed by atoms with Gasteiger partial charge in [-0.15, -0.1) is 0 Å². The molecule has 762 valence electrons. The maximum atomic E-state index is 11.8. The van der Waals surface area contributed by atoms with Gasteiger partial charge in [0.05, 0.1) is 67.0 Å². The minimum absolute atomic E-state index is 0.191. The standard InChI is InChI=1S/C23H25N5O2S.C22H25N5O2S.C22H25N3O3S.C20H21ClN4O2S.C20H25N5O2S/c1-27-15-25-21-4-3-16(13-23(21)27)18-11-17-5-8-24-14-20(17)22(12-18)26-19-6-9-28(10-7-19)31(2,29)30;1-30(28,29)27-9-5-19(6-10-27)25-21-13-18(12-16-4-7-23-14-20(16)21)17-2-3-22-24-8-11-26(22)15-17;1-28-20-5-3-4-16(13-20)18-12-17-6-9-23-15-21(17)22(14-18)24-19-7-10-25(11-8-19)29(2,26)27;1-28(26,27)25-6-3-18(4-7-25)24-20-10-15(16-9-17(21)12-23-11-16)8-14-2-5-22-13-19(14)20;1-3-24-14-17(12-22-24)16-10-15-4-7-21-13-19(15)20(11-16)23-18-5-8-25(9-6-18)28(2,26)27/h3-5,8,11-15,19,26H,6-7,9-10H2,1-2H3;2-4,7-8,11-15,19,22,24-25H,5-6,9-10H2,1H3;3-6,9,12-15,19,24H,7-8,10-11H2,1-2H3;2,5,8-13,18,24H,3-4,6-7H2,1H3;4,7,10-14,18,23H,3,5-6,8-9H2,1-2H3. The number of allylic oxidation sites excluding steroid dienone is 2. The van der Waals surface area contributed by atoms with Crippen molar-refractivity contribution in [2.75, 3.05) is 130 Å². The molecule has 0 radical (unpaired) electrons. The molecule has 5 saturated heterocycles. The molecule has 0 saturated carbocycles. The van der Waals surface area contributed by atoms with E-state index < -0.39 is 50.1 Å². The Bertz CT molecular complexity index is 8020. The van der Waals surface area contributed by atoms with E-state index in [1.807, 2.05) is 139 Å². The maximum absolute atomic E-state index is 11.8. The average Bonchev–Trinajstić information content (AvgIpc) is 1.09. The van der Waals surface area contributed by atoms with Crippen LogP contribution in [0.1, 0.15) is 76.7 Å². The fraction of sp³-hybridized carbons (Fsp3) is 0.327. The molecule has 7 aliphatic heterocycles. The highest BCUT2D eigenvalue weighted by Gasteiger charge is 2.33. The van der Waals surface area contributed by atoms with E-state index in [0.29, 0.717) is 70.5 Å². The average molecular weight is 2090 g/mol. The molecule has 39 heteroatoms. The number of hydrogen-bond donors (Lipinski definition) is 6. The first-order chi connectivity index (χ1) is 70.1. The molecule has 0 spiro atoms. The molecule has 7 aromatic carbocycles. The molecule has 7 aliphatic rings. The van der Waals surface area contributed by atoms with Gasteiger partial charge < -0.3 is 46.1 Å². The lowest BCUT2D eigenvalue weighted by molar-refractivity contribution is 0.331. The normalized spacial score (nSPS) is 17.5. The van der Waals surface area contributed by atoms with Crippen molar-refractivity contribution in [2.24, 2.45) is 7.05 Å². The van der Waals surface area contributed by atoms with Crippen molar-refractivity contribution in [3.05, 3.63) is 274 Å². The number of nitrogens with one attached hydrogen (secondary N) is 6. The van der Waals surface area contributed by atoms with E-state index >= 15 is 0 Å². The third kappa shape index (κ3) is 25.2. The fourth-order valence-electron chi connectivity index (χ4n) is 19.8. The number of aromatic nitrogens is 10. The molecule has 1 unspecified atom stereocenters. The summed E-state index contributed by atoms with van der Waals surface area (Å²) in [5.74, 6) is 0.819. The van der Waals surface area contributed by atoms with E-state index in [4.69, 9.17) is 16.3 Å². The minimum Gasteiger partial charge on any atom is -0.497 e. The van der Waals surface area contributed by atoms with Crippen LogP contribution in [-0.4, -0.2) is 258 Å². The van der Waals surface area contributed by atoms with E-state index in [2.05, 4.69) is 193 Å². The van der Waals surface area contributed by atoms with Gasteiger partial charge in [-0.1, -0.05) is 35.9 Å². The van der Waals surface area contributed by atoms with Gasteiger partial charge in [0.2, 0.25) is 50.1 Å². The van der Waals surface area contributed by atoms with Gasteiger partial charge in [0, 0.05) is 275 Å². The predicted molar refractivity (Wildman–Crippen MR) is 586 cm³/mol. The molecular formula is C107H121ClN22O11S5. The summed E-state index contributed by atoms with van der Waals surface area (Å²) in [6.45, 7) is 8.35. The molecule has 6 N–H and O–H groups in total. The van der Waals surface area contributed by atoms with Crippen LogP contribution in [0.4, 0.5) is 28.4 Å². The summed E-state index contributed by atoms with van der Waals surface area (Å²) in [5.41, 5.74) is 18.0. The van der Waals surface area contributed by atoms with Gasteiger partial charge in [-0.05, 0) is 270 Å². The van der Waals surface area contributed by atoms with E-state index in [-0.39, 0.29) is 36.4 Å². The number of anilines is 5. The number of benzene rings is 7. The van der Waals surface area contributed by atoms with Gasteiger partial charge in [-0.2, -0.15) is 5.10 Å². The Balaban J connectivity index is 0.000000120. The van der Waals surface area contributed by atoms with E-state index in [9.17, 15) is 42.1 Å². The Morgan fingerprint density at radius 2 is 0.753 bits per heavy atom. The quantitative estimate of drug-likeness (QED) is 0.0367. The summed E-state index contributed by atoms with van der Waals surface area (Å²) < 4.78 is 135. The second kappa shape index (κ2) is 44.7. The van der Waals surface area contributed by atoms with Gasteiger partial charge >= 0.3 is 0 Å². The largest absolute Gasteiger partial charge is 0.497 e. The Morgan fingerprint density at radius 1 is 0.390 bits per heavy atom. The fourth-order valence-corrected chi connectivity index (χ4v) is 24.3. The van der Waals surface area contributed by atoms with Crippen molar-refractivity contribution in [1.82, 2.24) is 81.0 Å². The van der Waals surface area contributed by atoms with Crippen molar-refractivity contribution in [1.29, 1.82) is 0 Å². The summed E-state index contributed by atoms with van der Waals surface area (Å²) in [6.07, 6.45) is 52.3. The molecule has 15 heterocycles. The van der Waals surface area contributed by atoms with Crippen LogP contribution in [0, 0.1) is 0 Å². The lowest BCUT2D eigenvalue weighted by atomic mass is 9.98. The molecule has 15 aromatic rings. The molecule has 22 rings (SSSR count). The topological polar surface area (TPSA) is 385 Å². The van der Waals surface area contributed by atoms with Crippen molar-refractivity contribution in [3.8, 4) is 50.3 Å². The van der Waals surface area contributed by atoms with E-state index in [1.54, 1.807) is 59.6 Å². The monoisotopic (exact) mass is 2080 g/mol. The number of pyridine rings is 6. The highest BCUT2D eigenvalue weighted by molar-refractivity contribution is 7.89. The number of hydrogen-bond acceptors (Lipinski definition) is 26. The Kier molecular flexibility index (Phi) is 31.5. The van der Waals surface area contributed by atoms with Crippen LogP contribution in [0.15, 0.2) is 263 Å². The molecule has 0 amide bonds. The SMILES string of the molecule is CCn1cc(-c2cc(NC3CCN(S(C)(=O)=O)CC3)c3cnccc3c2)cn1.COc1cccc(-c2cc(NC3CCN(S(C)(=O)=O)CC3)c3cnccc3c2)c1.CS(=O)(=O)N1CCC(Nc2cc(-c3cncc(Cl)c3)cc3ccncc23)CC1.CS(=O)(=O)N1CCC(Nc2cc(C3=CN4C=CNC4C=C3)cc3ccncc23)CC1.Cn1cnc2ccc(-c3cc(NC4CCN(S(C)(=O)=O)CC4)c4cnccc4c3)cc21. The van der Waals surface area contributed by atoms with Crippen molar-refractivity contribution in [2.45, 2.75) is 114 Å². The molecule has 33 nitrogen and oxygen atoms in total. The number of halogens is 1. The summed E-state index contributed by atoms with van der Waals surface area (Å²) in [7, 11) is -11.9. The second-order valence-electron chi connectivity index (χ2n) is 38.1. The Labute approximate surface area is 857 Å². The molecule has 146 heavy (non-hydrogen) atoms. The third-order valence-electron chi connectivity index (χ3n) is 27.9. The molecule has 5 fully saturated rings. The number of methoxy groups -OCH3 is 1. The third-order valence-corrected chi connectivity index (χ3v) is 34.6. The summed E-state index contributed by atoms with van der Waals surface area (Å²) >= 11 is 6.12. The molecule has 0 aliphatic carbocycles. The number of piperidine rings is 5. The van der Waals surface area contributed by atoms with Crippen LogP contribution < -0.4 is 36.6 Å². The van der Waals surface area contributed by atoms with Crippen LogP contribution in [0.2, 0.25) is 5.02 Å². The summed E-state index contributed by atoms with van der Waals surface area (Å²) in [5, 5.41) is 37.3. The maximum Gasteiger partial charge on any atom is 0.211 e. The number of nitrogens with zero attached hydrogens (tertiary/aromatic N) is 16. The van der Waals surface area contributed by atoms with E-state index in [0.717, 1.165) is 225 Å². The number of sulfonamides is 5. The Morgan fingerprint density at radius 3 is 1.12 bits per heavy atom. The molecular weight excluding hydrogens is 1970 g/mol. The number of fused-ring (bicyclic) bond motifs is 7. The Hall–Kier alpha value is -13.1. The zero-order valence-corrected chi connectivity index (χ0v) is 87.5. The summed E-state index contributed by atoms with van der Waals surface area (Å²) in [6, 6.07) is 48.9. The van der Waals surface area contributed by atoms with Crippen LogP contribution in [0.3, 0.4) is 0 Å². The van der Waals surface area contributed by atoms with Crippen molar-refractivity contribution in [3.63, 3.8) is 0 Å². The van der Waals surface area contributed by atoms with Gasteiger partial charge in [-0.25, -0.2) is 68.6 Å². The van der Waals surface area contributed by atoms with Crippen LogP contribution in [0.5, 0.6) is 5.75 Å². The van der Waals surface area contributed by atoms with Crippen LogP contribution in [0.25, 0.3) is 115 Å². The second-order valence-corrected chi connectivity index (χ2v) is 48.4. The first-order valence-electron chi connectivity index (χ1n) is 48.9. The highest BCUT2D eigenvalue weighted by Crippen LogP contribution is 2.41. The first-order valence-corrected chi connectivity index (χ1v) is 58.5. The number of aryl methyl sites for hydroxylation is 2. The van der Waals surface area contributed by atoms with Gasteiger partial charge in [-0.3, -0.25) is 34.6 Å². The highest BCUT2D eigenvalue weighted by atomic mass is 35.5. The van der Waals surface area contributed by atoms with Crippen LogP contribution >= 0.6 is 11.6 Å². The zero-order valence-electron chi connectivity index (χ0n) is 82.7. The smallest absolute Gasteiger partial charge is 0.211 e. The predicted octanol–water partition coefficient (Wildman–Crippen LogP) is 16.8. The van der Waals surface area contributed by atoms with Crippen molar-refractivity contribution < 1.29 is 46.8 Å². The molecule has 0 bridgehead atoms.